The maximum absolute atomic E-state index is 11.9. The molecule has 0 saturated carbocycles. The molecule has 2 rings (SSSR count). The number of anilines is 1. The van der Waals surface area contributed by atoms with Gasteiger partial charge < -0.3 is 10.1 Å². The smallest absolute Gasteiger partial charge is 0.307 e. The third kappa shape index (κ3) is 6.44. The van der Waals surface area contributed by atoms with E-state index in [1.165, 1.54) is 5.56 Å². The number of thioether (sulfide) groups is 1. The molecule has 0 aliphatic heterocycles. The summed E-state index contributed by atoms with van der Waals surface area (Å²) in [6.45, 7) is 3.54. The Kier molecular flexibility index (Phi) is 7.34. The molecule has 0 aliphatic carbocycles. The third-order valence-electron chi connectivity index (χ3n) is 3.50. The van der Waals surface area contributed by atoms with Crippen molar-refractivity contribution in [2.75, 3.05) is 17.7 Å². The topological polar surface area (TPSA) is 55.4 Å². The Hall–Kier alpha value is -1.98. The van der Waals surface area contributed by atoms with Crippen LogP contribution in [0.5, 0.6) is 0 Å². The molecule has 0 unspecified atom stereocenters. The largest absolute Gasteiger partial charge is 0.456 e. The van der Waals surface area contributed by atoms with Crippen LogP contribution in [0.25, 0.3) is 0 Å². The number of aryl methyl sites for hydroxylation is 1. The fraction of sp³-hybridized carbons (Fsp3) is 0.263. The van der Waals surface area contributed by atoms with E-state index in [1.54, 1.807) is 30.0 Å². The van der Waals surface area contributed by atoms with Crippen LogP contribution in [0.15, 0.2) is 47.4 Å². The van der Waals surface area contributed by atoms with Crippen LogP contribution in [0.2, 0.25) is 5.02 Å². The van der Waals surface area contributed by atoms with E-state index >= 15 is 0 Å². The van der Waals surface area contributed by atoms with Gasteiger partial charge in [0, 0.05) is 21.4 Å². The lowest BCUT2D eigenvalue weighted by molar-refractivity contribution is -0.146. The van der Waals surface area contributed by atoms with Crippen LogP contribution in [0.1, 0.15) is 17.5 Å². The minimum Gasteiger partial charge on any atom is -0.456 e. The Morgan fingerprint density at radius 1 is 1.12 bits per heavy atom. The summed E-state index contributed by atoms with van der Waals surface area (Å²) in [5.41, 5.74) is 2.59. The van der Waals surface area contributed by atoms with Crippen molar-refractivity contribution in [2.24, 2.45) is 0 Å². The van der Waals surface area contributed by atoms with Crippen LogP contribution in [0.4, 0.5) is 5.69 Å². The number of rotatable bonds is 7. The summed E-state index contributed by atoms with van der Waals surface area (Å²) in [4.78, 5) is 24.7. The zero-order chi connectivity index (χ0) is 18.2. The van der Waals surface area contributed by atoms with Gasteiger partial charge in [0.25, 0.3) is 5.91 Å². The first kappa shape index (κ1) is 19.3. The zero-order valence-corrected chi connectivity index (χ0v) is 15.7. The predicted octanol–water partition coefficient (Wildman–Crippen LogP) is 4.62. The van der Waals surface area contributed by atoms with Crippen LogP contribution in [-0.2, 0) is 14.3 Å². The molecular formula is C19H20ClNO3S. The highest BCUT2D eigenvalue weighted by Crippen LogP contribution is 2.23. The quantitative estimate of drug-likeness (QED) is 0.565. The molecule has 0 fully saturated rings. The number of ether oxygens (including phenoxy) is 1. The van der Waals surface area contributed by atoms with Crippen LogP contribution < -0.4 is 5.32 Å². The first-order chi connectivity index (χ1) is 12.0. The Morgan fingerprint density at radius 3 is 2.56 bits per heavy atom. The predicted molar refractivity (Wildman–Crippen MR) is 102 cm³/mol. The van der Waals surface area contributed by atoms with Crippen LogP contribution in [0, 0.1) is 13.8 Å². The summed E-state index contributed by atoms with van der Waals surface area (Å²) in [6.07, 6.45) is 0.252. The summed E-state index contributed by atoms with van der Waals surface area (Å²) < 4.78 is 5.01. The van der Waals surface area contributed by atoms with E-state index in [2.05, 4.69) is 5.32 Å². The van der Waals surface area contributed by atoms with Crippen LogP contribution in [0.3, 0.4) is 0 Å². The lowest BCUT2D eigenvalue weighted by Crippen LogP contribution is -2.21. The normalized spacial score (nSPS) is 10.4. The van der Waals surface area contributed by atoms with Crippen molar-refractivity contribution in [1.29, 1.82) is 0 Å². The van der Waals surface area contributed by atoms with Gasteiger partial charge >= 0.3 is 5.97 Å². The van der Waals surface area contributed by atoms with Crippen molar-refractivity contribution < 1.29 is 14.3 Å². The Morgan fingerprint density at radius 2 is 1.84 bits per heavy atom. The van der Waals surface area contributed by atoms with Gasteiger partial charge in [-0.05, 0) is 43.7 Å². The van der Waals surface area contributed by atoms with Crippen molar-refractivity contribution in [3.8, 4) is 0 Å². The molecule has 0 bridgehead atoms. The number of hydrogen-bond acceptors (Lipinski definition) is 4. The zero-order valence-electron chi connectivity index (χ0n) is 14.2. The van der Waals surface area contributed by atoms with Crippen molar-refractivity contribution in [3.63, 3.8) is 0 Å². The number of hydrogen-bond donors (Lipinski definition) is 1. The molecule has 1 N–H and O–H groups in total. The molecule has 2 aromatic carbocycles. The minimum atomic E-state index is -0.391. The van der Waals surface area contributed by atoms with E-state index in [1.807, 2.05) is 38.1 Å². The van der Waals surface area contributed by atoms with Gasteiger partial charge in [0.1, 0.15) is 0 Å². The molecule has 2 aromatic rings. The van der Waals surface area contributed by atoms with Gasteiger partial charge in [-0.25, -0.2) is 0 Å². The van der Waals surface area contributed by atoms with Crippen molar-refractivity contribution in [2.45, 2.75) is 25.2 Å². The highest BCUT2D eigenvalue weighted by molar-refractivity contribution is 7.99. The maximum atomic E-state index is 11.9. The molecule has 0 aromatic heterocycles. The van der Waals surface area contributed by atoms with Gasteiger partial charge in [0.2, 0.25) is 0 Å². The highest BCUT2D eigenvalue weighted by Gasteiger charge is 2.10. The molecule has 0 spiro atoms. The number of carbonyl (C=O) groups is 2. The van der Waals surface area contributed by atoms with Gasteiger partial charge in [-0.2, -0.15) is 0 Å². The van der Waals surface area contributed by atoms with E-state index < -0.39 is 5.97 Å². The van der Waals surface area contributed by atoms with E-state index in [0.29, 0.717) is 16.5 Å². The summed E-state index contributed by atoms with van der Waals surface area (Å²) >= 11 is 7.58. The van der Waals surface area contributed by atoms with Gasteiger partial charge in [-0.15, -0.1) is 11.8 Å². The second-order valence-electron chi connectivity index (χ2n) is 5.53. The van der Waals surface area contributed by atoms with E-state index in [9.17, 15) is 9.59 Å². The SMILES string of the molecule is Cc1ccc(SCCC(=O)OCC(=O)Nc2cccc(Cl)c2C)cc1. The number of halogens is 1. The summed E-state index contributed by atoms with van der Waals surface area (Å²) in [5, 5.41) is 3.26. The van der Waals surface area contributed by atoms with Crippen molar-refractivity contribution in [1.82, 2.24) is 0 Å². The third-order valence-corrected chi connectivity index (χ3v) is 4.93. The molecule has 0 aliphatic rings. The second kappa shape index (κ2) is 9.49. The fourth-order valence-corrected chi connectivity index (χ4v) is 3.04. The van der Waals surface area contributed by atoms with E-state index in [-0.39, 0.29) is 18.9 Å². The Balaban J connectivity index is 1.69. The van der Waals surface area contributed by atoms with Crippen LogP contribution in [-0.4, -0.2) is 24.2 Å². The average Bonchev–Trinajstić information content (AvgIpc) is 2.59. The van der Waals surface area contributed by atoms with Gasteiger partial charge in [0.05, 0.1) is 6.42 Å². The van der Waals surface area contributed by atoms with Crippen molar-refractivity contribution in [3.05, 3.63) is 58.6 Å². The van der Waals surface area contributed by atoms with Gasteiger partial charge in [0.15, 0.2) is 6.61 Å². The van der Waals surface area contributed by atoms with Crippen molar-refractivity contribution >= 4 is 40.9 Å². The van der Waals surface area contributed by atoms with E-state index in [4.69, 9.17) is 16.3 Å². The molecule has 132 valence electrons. The Labute approximate surface area is 156 Å². The first-order valence-corrected chi connectivity index (χ1v) is 9.22. The average molecular weight is 378 g/mol. The molecule has 0 atom stereocenters. The number of nitrogens with one attached hydrogen (secondary N) is 1. The molecule has 1 amide bonds. The second-order valence-corrected chi connectivity index (χ2v) is 7.11. The molecule has 0 radical (unpaired) electrons. The standard InChI is InChI=1S/C19H20ClNO3S/c1-13-6-8-15(9-7-13)25-11-10-19(23)24-12-18(22)21-17-5-3-4-16(20)14(17)2/h3-9H,10-12H2,1-2H3,(H,21,22). The lowest BCUT2D eigenvalue weighted by atomic mass is 10.2. The number of carbonyl (C=O) groups excluding carboxylic acids is 2. The van der Waals surface area contributed by atoms with E-state index in [0.717, 1.165) is 10.5 Å². The molecule has 25 heavy (non-hydrogen) atoms. The monoisotopic (exact) mass is 377 g/mol. The first-order valence-electron chi connectivity index (χ1n) is 7.86. The molecule has 0 heterocycles. The fourth-order valence-electron chi connectivity index (χ4n) is 2.03. The lowest BCUT2D eigenvalue weighted by Gasteiger charge is -2.10. The molecule has 4 nitrogen and oxygen atoms in total. The highest BCUT2D eigenvalue weighted by atomic mass is 35.5. The number of benzene rings is 2. The summed E-state index contributed by atoms with van der Waals surface area (Å²) in [5.74, 6) is -0.167. The summed E-state index contributed by atoms with van der Waals surface area (Å²) in [7, 11) is 0. The summed E-state index contributed by atoms with van der Waals surface area (Å²) in [6, 6.07) is 13.3. The molecule has 6 heteroatoms. The van der Waals surface area contributed by atoms with Gasteiger partial charge in [-0.3, -0.25) is 9.59 Å². The van der Waals surface area contributed by atoms with Gasteiger partial charge in [-0.1, -0.05) is 35.4 Å². The maximum Gasteiger partial charge on any atom is 0.307 e. The number of esters is 1. The molecular weight excluding hydrogens is 358 g/mol. The molecule has 0 saturated heterocycles. The number of amides is 1. The Bertz CT molecular complexity index is 747. The minimum absolute atomic E-state index is 0.252. The van der Waals surface area contributed by atoms with Crippen LogP contribution >= 0.6 is 23.4 Å².